The summed E-state index contributed by atoms with van der Waals surface area (Å²) in [5.41, 5.74) is 8.25. The van der Waals surface area contributed by atoms with Gasteiger partial charge >= 0.3 is 0 Å². The summed E-state index contributed by atoms with van der Waals surface area (Å²) in [6, 6.07) is 18.6. The van der Waals surface area contributed by atoms with E-state index in [4.69, 9.17) is 4.74 Å². The van der Waals surface area contributed by atoms with Gasteiger partial charge in [-0.1, -0.05) is 91.8 Å². The van der Waals surface area contributed by atoms with Gasteiger partial charge in [-0.3, -0.25) is 0 Å². The Labute approximate surface area is 240 Å². The minimum absolute atomic E-state index is 0.114. The van der Waals surface area contributed by atoms with Gasteiger partial charge in [0.15, 0.2) is 6.20 Å². The SMILES string of the molecule is Cc1c2c(c(CC(C)(C)C)c3ccc(CC(C)(C)C)cc13)Oc1c3ccc(C(C)C)cc3cc3cc[n+](C)c-2c13. The van der Waals surface area contributed by atoms with Crippen molar-refractivity contribution in [3.8, 4) is 22.8 Å². The molecule has 206 valence electrons. The minimum Gasteiger partial charge on any atom is -0.455 e. The van der Waals surface area contributed by atoms with Gasteiger partial charge in [0, 0.05) is 17.0 Å². The molecule has 0 fully saturated rings. The maximum atomic E-state index is 7.18. The van der Waals surface area contributed by atoms with E-state index in [1.54, 1.807) is 0 Å². The summed E-state index contributed by atoms with van der Waals surface area (Å²) in [5, 5.41) is 7.57. The normalized spacial score (nSPS) is 13.4. The third-order valence-electron chi connectivity index (χ3n) is 8.45. The van der Waals surface area contributed by atoms with Gasteiger partial charge in [-0.25, -0.2) is 4.57 Å². The van der Waals surface area contributed by atoms with E-state index in [0.29, 0.717) is 5.92 Å². The third kappa shape index (κ3) is 4.46. The number of benzene rings is 4. The van der Waals surface area contributed by atoms with Crippen LogP contribution in [0.5, 0.6) is 11.5 Å². The highest BCUT2D eigenvalue weighted by molar-refractivity contribution is 6.13. The Balaban J connectivity index is 1.74. The van der Waals surface area contributed by atoms with Crippen molar-refractivity contribution >= 4 is 32.3 Å². The van der Waals surface area contributed by atoms with Gasteiger partial charge in [0.2, 0.25) is 5.69 Å². The average molecular weight is 531 g/mol. The van der Waals surface area contributed by atoms with Gasteiger partial charge in [0.05, 0.1) is 10.9 Å². The number of nitrogens with zero attached hydrogens (tertiary/aromatic N) is 1. The Kier molecular flexibility index (Phi) is 6.07. The van der Waals surface area contributed by atoms with Crippen molar-refractivity contribution in [3.63, 3.8) is 0 Å². The zero-order valence-corrected chi connectivity index (χ0v) is 26.0. The molecule has 0 bridgehead atoms. The van der Waals surface area contributed by atoms with Crippen molar-refractivity contribution in [3.05, 3.63) is 77.0 Å². The molecule has 1 aromatic heterocycles. The minimum atomic E-state index is 0.114. The Morgan fingerprint density at radius 1 is 0.750 bits per heavy atom. The second-order valence-corrected chi connectivity index (χ2v) is 14.8. The van der Waals surface area contributed by atoms with Crippen LogP contribution >= 0.6 is 0 Å². The van der Waals surface area contributed by atoms with Gasteiger partial charge in [-0.2, -0.15) is 0 Å². The molecule has 4 aromatic carbocycles. The number of aryl methyl sites for hydroxylation is 2. The number of aromatic nitrogens is 1. The number of pyridine rings is 1. The van der Waals surface area contributed by atoms with Crippen molar-refractivity contribution in [1.82, 2.24) is 0 Å². The van der Waals surface area contributed by atoms with Gasteiger partial charge < -0.3 is 4.74 Å². The van der Waals surface area contributed by atoms with E-state index in [-0.39, 0.29) is 10.8 Å². The van der Waals surface area contributed by atoms with Crippen LogP contribution in [0.4, 0.5) is 0 Å². The van der Waals surface area contributed by atoms with E-state index in [0.717, 1.165) is 24.3 Å². The molecule has 0 N–H and O–H groups in total. The topological polar surface area (TPSA) is 13.1 Å². The molecule has 0 atom stereocenters. The fraction of sp³-hybridized carbons (Fsp3) is 0.395. The van der Waals surface area contributed by atoms with Crippen LogP contribution in [0.25, 0.3) is 43.6 Å². The summed E-state index contributed by atoms with van der Waals surface area (Å²) in [5.74, 6) is 2.53. The zero-order chi connectivity index (χ0) is 28.7. The molecule has 0 spiro atoms. The van der Waals surface area contributed by atoms with Crippen molar-refractivity contribution in [1.29, 1.82) is 0 Å². The average Bonchev–Trinajstić information content (AvgIpc) is 2.86. The van der Waals surface area contributed by atoms with E-state index in [9.17, 15) is 0 Å². The highest BCUT2D eigenvalue weighted by Crippen LogP contribution is 2.53. The van der Waals surface area contributed by atoms with Crippen molar-refractivity contribution < 1.29 is 9.30 Å². The maximum Gasteiger partial charge on any atom is 0.228 e. The van der Waals surface area contributed by atoms with Crippen LogP contribution < -0.4 is 9.30 Å². The van der Waals surface area contributed by atoms with E-state index < -0.39 is 0 Å². The molecule has 0 saturated heterocycles. The zero-order valence-electron chi connectivity index (χ0n) is 26.0. The van der Waals surface area contributed by atoms with E-state index in [2.05, 4.69) is 129 Å². The van der Waals surface area contributed by atoms with E-state index >= 15 is 0 Å². The molecular weight excluding hydrogens is 486 g/mol. The molecule has 0 amide bonds. The molecule has 6 rings (SSSR count). The first-order chi connectivity index (χ1) is 18.7. The van der Waals surface area contributed by atoms with Crippen LogP contribution in [0.15, 0.2) is 54.7 Å². The lowest BCUT2D eigenvalue weighted by atomic mass is 9.80. The molecule has 0 saturated carbocycles. The molecule has 0 unspecified atom stereocenters. The molecule has 1 aliphatic rings. The molecule has 1 aliphatic heterocycles. The summed E-state index contributed by atoms with van der Waals surface area (Å²) in [6.07, 6.45) is 4.22. The first kappa shape index (κ1) is 26.8. The number of hydrogen-bond donors (Lipinski definition) is 0. The van der Waals surface area contributed by atoms with Crippen molar-refractivity contribution in [2.75, 3.05) is 0 Å². The lowest BCUT2D eigenvalue weighted by molar-refractivity contribution is -0.659. The number of fused-ring (bicyclic) bond motifs is 5. The van der Waals surface area contributed by atoms with Gasteiger partial charge in [0.25, 0.3) is 0 Å². The van der Waals surface area contributed by atoms with Gasteiger partial charge in [-0.15, -0.1) is 0 Å². The second kappa shape index (κ2) is 9.06. The highest BCUT2D eigenvalue weighted by atomic mass is 16.5. The summed E-state index contributed by atoms with van der Waals surface area (Å²) < 4.78 is 9.49. The Morgan fingerprint density at radius 3 is 2.12 bits per heavy atom. The molecule has 0 aliphatic carbocycles. The predicted octanol–water partition coefficient (Wildman–Crippen LogP) is 10.4. The van der Waals surface area contributed by atoms with E-state index in [1.807, 2.05) is 0 Å². The largest absolute Gasteiger partial charge is 0.455 e. The fourth-order valence-corrected chi connectivity index (χ4v) is 6.67. The number of hydrogen-bond acceptors (Lipinski definition) is 1. The first-order valence-corrected chi connectivity index (χ1v) is 14.9. The van der Waals surface area contributed by atoms with Gasteiger partial charge in [0.1, 0.15) is 18.5 Å². The summed E-state index contributed by atoms with van der Waals surface area (Å²) in [6.45, 7) is 20.8. The summed E-state index contributed by atoms with van der Waals surface area (Å²) in [7, 11) is 2.18. The molecule has 2 nitrogen and oxygen atoms in total. The van der Waals surface area contributed by atoms with E-state index in [1.165, 1.54) is 65.8 Å². The molecule has 0 radical (unpaired) electrons. The third-order valence-corrected chi connectivity index (χ3v) is 8.45. The quantitative estimate of drug-likeness (QED) is 0.164. The van der Waals surface area contributed by atoms with Crippen LogP contribution in [0.3, 0.4) is 0 Å². The van der Waals surface area contributed by atoms with Crippen LogP contribution in [0.1, 0.15) is 83.6 Å². The smallest absolute Gasteiger partial charge is 0.228 e. The number of ether oxygens (including phenoxy) is 1. The van der Waals surface area contributed by atoms with Crippen molar-refractivity contribution in [2.45, 2.75) is 81.1 Å². The fourth-order valence-electron chi connectivity index (χ4n) is 6.67. The summed E-state index contributed by atoms with van der Waals surface area (Å²) in [4.78, 5) is 0. The number of rotatable bonds is 3. The molecule has 5 aromatic rings. The standard InChI is InChI=1S/C38H44NO/c1-22(2)25-12-14-28-27(18-25)19-26-15-16-39(10)34-32-23(3)30-17-24(20-37(4,5)6)11-13-29(30)31(21-38(7,8)9)36(32)40-35(28)33(26)34/h11-19,22H,20-21H2,1-10H3/q+1. The second-order valence-electron chi connectivity index (χ2n) is 14.8. The molecule has 40 heavy (non-hydrogen) atoms. The molecule has 2 heterocycles. The first-order valence-electron chi connectivity index (χ1n) is 14.9. The monoisotopic (exact) mass is 530 g/mol. The van der Waals surface area contributed by atoms with Crippen LogP contribution in [0, 0.1) is 17.8 Å². The maximum absolute atomic E-state index is 7.18. The Bertz CT molecular complexity index is 1830. The molecule has 2 heteroatoms. The molecular formula is C38H44NO+. The summed E-state index contributed by atoms with van der Waals surface area (Å²) >= 11 is 0. The van der Waals surface area contributed by atoms with Crippen LogP contribution in [-0.4, -0.2) is 0 Å². The Hall–Kier alpha value is -3.39. The van der Waals surface area contributed by atoms with Gasteiger partial charge in [-0.05, 0) is 80.8 Å². The highest BCUT2D eigenvalue weighted by Gasteiger charge is 2.35. The lowest BCUT2D eigenvalue weighted by Crippen LogP contribution is -2.32. The Morgan fingerprint density at radius 2 is 1.45 bits per heavy atom. The van der Waals surface area contributed by atoms with Crippen LogP contribution in [0.2, 0.25) is 0 Å². The van der Waals surface area contributed by atoms with Crippen LogP contribution in [-0.2, 0) is 19.9 Å². The predicted molar refractivity (Wildman–Crippen MR) is 171 cm³/mol. The lowest BCUT2D eigenvalue weighted by Gasteiger charge is -2.29. The van der Waals surface area contributed by atoms with Crippen molar-refractivity contribution in [2.24, 2.45) is 17.9 Å².